The molecule has 0 bridgehead atoms. The molecule has 1 rings (SSSR count). The maximum Gasteiger partial charge on any atom is 0.198 e. The summed E-state index contributed by atoms with van der Waals surface area (Å²) in [4.78, 5) is 4.89. The van der Waals surface area contributed by atoms with Crippen molar-refractivity contribution in [3.05, 3.63) is 20.9 Å². The zero-order chi connectivity index (χ0) is 12.2. The van der Waals surface area contributed by atoms with Crippen LogP contribution in [0.3, 0.4) is 0 Å². The quantitative estimate of drug-likeness (QED) is 0.333. The van der Waals surface area contributed by atoms with Crippen molar-refractivity contribution < 1.29 is 20.1 Å². The molecule has 0 unspecified atom stereocenters. The summed E-state index contributed by atoms with van der Waals surface area (Å²) < 4.78 is 5.03. The van der Waals surface area contributed by atoms with Crippen molar-refractivity contribution in [2.45, 2.75) is 24.0 Å². The van der Waals surface area contributed by atoms with E-state index in [4.69, 9.17) is 20.9 Å². The van der Waals surface area contributed by atoms with Gasteiger partial charge in [-0.1, -0.05) is 10.2 Å². The Morgan fingerprint density at radius 1 is 1.31 bits per heavy atom. The Hall–Kier alpha value is -1.54. The van der Waals surface area contributed by atoms with Gasteiger partial charge in [-0.25, -0.2) is 0 Å². The van der Waals surface area contributed by atoms with Crippen LogP contribution in [0, 0.1) is 0 Å². The first-order valence-corrected chi connectivity index (χ1v) is 4.33. The van der Waals surface area contributed by atoms with Crippen LogP contribution in [0.2, 0.25) is 0 Å². The Morgan fingerprint density at radius 2 is 2.00 bits per heavy atom. The van der Waals surface area contributed by atoms with E-state index < -0.39 is 30.6 Å². The lowest BCUT2D eigenvalue weighted by Gasteiger charge is -2.23. The number of azide groups is 2. The monoisotopic (exact) mass is 230 g/mol. The van der Waals surface area contributed by atoms with Crippen molar-refractivity contribution >= 4 is 0 Å². The molecule has 10 nitrogen and oxygen atoms in total. The van der Waals surface area contributed by atoms with Gasteiger partial charge in [0.1, 0.15) is 12.2 Å². The molecule has 1 heterocycles. The first-order chi connectivity index (χ1) is 7.61. The molecule has 0 aromatic rings. The molecule has 3 N–H and O–H groups in total. The van der Waals surface area contributed by atoms with Crippen molar-refractivity contribution in [2.75, 3.05) is 13.2 Å². The van der Waals surface area contributed by atoms with Gasteiger partial charge in [-0.15, -0.1) is 0 Å². The van der Waals surface area contributed by atoms with Gasteiger partial charge in [-0.05, 0) is 11.1 Å². The fraction of sp³-hybridized carbons (Fsp3) is 1.00. The summed E-state index contributed by atoms with van der Waals surface area (Å²) in [5.41, 5.74) is 14.5. The number of hydrogen-bond acceptors (Lipinski definition) is 6. The molecule has 0 aliphatic carbocycles. The standard InChI is InChI=1S/C6H10N6O4/c7-11-9-1-3-4(14)5(15)6(2-13,16-3)10-12-8/h3-5,13-15H,1-2H2/t3-,4-,5+,6-/m1/s1. The molecule has 1 saturated heterocycles. The highest BCUT2D eigenvalue weighted by Crippen LogP contribution is 2.32. The van der Waals surface area contributed by atoms with E-state index in [0.717, 1.165) is 0 Å². The summed E-state index contributed by atoms with van der Waals surface area (Å²) in [6.07, 6.45) is -4.00. The predicted molar refractivity (Wildman–Crippen MR) is 49.9 cm³/mol. The van der Waals surface area contributed by atoms with Crippen LogP contribution < -0.4 is 0 Å². The Kier molecular flexibility index (Phi) is 3.91. The van der Waals surface area contributed by atoms with E-state index in [0.29, 0.717) is 0 Å². The fourth-order valence-corrected chi connectivity index (χ4v) is 1.45. The lowest BCUT2D eigenvalue weighted by Crippen LogP contribution is -2.44. The Balaban J connectivity index is 2.91. The van der Waals surface area contributed by atoms with Crippen molar-refractivity contribution in [3.63, 3.8) is 0 Å². The van der Waals surface area contributed by atoms with Crippen molar-refractivity contribution in [2.24, 2.45) is 10.2 Å². The summed E-state index contributed by atoms with van der Waals surface area (Å²) in [6.45, 7) is -1.03. The topological polar surface area (TPSA) is 167 Å². The average Bonchev–Trinajstić information content (AvgIpc) is 2.53. The highest BCUT2D eigenvalue weighted by Gasteiger charge is 2.53. The maximum atomic E-state index is 9.57. The SMILES string of the molecule is [N-]=[N+]=NC[C@H]1O[C@@](CO)(N=[N+]=[N-])[C@@H](O)[C@@H]1O. The average molecular weight is 230 g/mol. The lowest BCUT2D eigenvalue weighted by atomic mass is 10.0. The molecule has 0 aromatic carbocycles. The molecule has 88 valence electrons. The number of hydrogen-bond donors (Lipinski definition) is 3. The van der Waals surface area contributed by atoms with Gasteiger partial charge in [0, 0.05) is 9.82 Å². The summed E-state index contributed by atoms with van der Waals surface area (Å²) >= 11 is 0. The van der Waals surface area contributed by atoms with Crippen LogP contribution in [-0.2, 0) is 4.74 Å². The third-order valence-corrected chi connectivity index (χ3v) is 2.29. The molecular weight excluding hydrogens is 220 g/mol. The van der Waals surface area contributed by atoms with E-state index in [2.05, 4.69) is 20.1 Å². The third kappa shape index (κ3) is 2.02. The summed E-state index contributed by atoms with van der Waals surface area (Å²) in [5.74, 6) is 0. The van der Waals surface area contributed by atoms with Gasteiger partial charge in [0.15, 0.2) is 5.72 Å². The minimum absolute atomic E-state index is 0.239. The van der Waals surface area contributed by atoms with Crippen molar-refractivity contribution in [3.8, 4) is 0 Å². The number of ether oxygens (including phenoxy) is 1. The second kappa shape index (κ2) is 4.99. The zero-order valence-electron chi connectivity index (χ0n) is 8.08. The molecule has 1 fully saturated rings. The van der Waals surface area contributed by atoms with Gasteiger partial charge >= 0.3 is 0 Å². The Morgan fingerprint density at radius 3 is 2.50 bits per heavy atom. The van der Waals surface area contributed by atoms with Gasteiger partial charge in [0.05, 0.1) is 19.3 Å². The summed E-state index contributed by atoms with van der Waals surface area (Å²) in [5, 5.41) is 34.4. The highest BCUT2D eigenvalue weighted by molar-refractivity contribution is 5.01. The summed E-state index contributed by atoms with van der Waals surface area (Å²) in [6, 6.07) is 0. The first-order valence-electron chi connectivity index (χ1n) is 4.33. The minimum Gasteiger partial charge on any atom is -0.393 e. The van der Waals surface area contributed by atoms with Crippen molar-refractivity contribution in [1.82, 2.24) is 0 Å². The van der Waals surface area contributed by atoms with Gasteiger partial charge in [0.25, 0.3) is 0 Å². The molecule has 0 aromatic heterocycles. The van der Waals surface area contributed by atoms with Crippen LogP contribution in [0.5, 0.6) is 0 Å². The van der Waals surface area contributed by atoms with E-state index >= 15 is 0 Å². The second-order valence-corrected chi connectivity index (χ2v) is 3.20. The van der Waals surface area contributed by atoms with Crippen LogP contribution in [0.15, 0.2) is 10.2 Å². The highest BCUT2D eigenvalue weighted by atomic mass is 16.6. The van der Waals surface area contributed by atoms with Crippen LogP contribution >= 0.6 is 0 Å². The minimum atomic E-state index is -1.93. The third-order valence-electron chi connectivity index (χ3n) is 2.29. The van der Waals surface area contributed by atoms with Gasteiger partial charge in [-0.3, -0.25) is 0 Å². The molecule has 4 atom stereocenters. The molecule has 1 aliphatic rings. The number of nitrogens with zero attached hydrogens (tertiary/aromatic N) is 6. The smallest absolute Gasteiger partial charge is 0.198 e. The van der Waals surface area contributed by atoms with Gasteiger partial charge in [-0.2, -0.15) is 0 Å². The van der Waals surface area contributed by atoms with E-state index in [9.17, 15) is 10.2 Å². The largest absolute Gasteiger partial charge is 0.393 e. The van der Waals surface area contributed by atoms with E-state index in [-0.39, 0.29) is 6.54 Å². The molecule has 0 radical (unpaired) electrons. The molecular formula is C6H10N6O4. The molecule has 1 aliphatic heterocycles. The number of rotatable bonds is 4. The van der Waals surface area contributed by atoms with E-state index in [1.54, 1.807) is 0 Å². The molecule has 0 saturated carbocycles. The van der Waals surface area contributed by atoms with Crippen LogP contribution in [0.25, 0.3) is 20.9 Å². The molecule has 0 spiro atoms. The molecule has 10 heteroatoms. The number of aliphatic hydroxyl groups is 3. The van der Waals surface area contributed by atoms with E-state index in [1.165, 1.54) is 0 Å². The normalized spacial score (nSPS) is 37.6. The predicted octanol–water partition coefficient (Wildman–Crippen LogP) is -0.584. The molecule has 16 heavy (non-hydrogen) atoms. The Bertz CT molecular complexity index is 351. The zero-order valence-corrected chi connectivity index (χ0v) is 8.08. The lowest BCUT2D eigenvalue weighted by molar-refractivity contribution is -0.104. The maximum absolute atomic E-state index is 9.57. The van der Waals surface area contributed by atoms with Crippen LogP contribution in [0.1, 0.15) is 0 Å². The summed E-state index contributed by atoms with van der Waals surface area (Å²) in [7, 11) is 0. The van der Waals surface area contributed by atoms with Gasteiger partial charge in [0.2, 0.25) is 0 Å². The van der Waals surface area contributed by atoms with Crippen LogP contribution in [0.4, 0.5) is 0 Å². The van der Waals surface area contributed by atoms with Crippen molar-refractivity contribution in [1.29, 1.82) is 0 Å². The molecule has 0 amide bonds. The van der Waals surface area contributed by atoms with E-state index in [1.807, 2.05) is 0 Å². The second-order valence-electron chi connectivity index (χ2n) is 3.20. The Labute approximate surface area is 89.3 Å². The number of aliphatic hydroxyl groups excluding tert-OH is 3. The fourth-order valence-electron chi connectivity index (χ4n) is 1.45. The van der Waals surface area contributed by atoms with Gasteiger partial charge < -0.3 is 20.1 Å². The van der Waals surface area contributed by atoms with Crippen LogP contribution in [-0.4, -0.2) is 52.5 Å². The first kappa shape index (κ1) is 12.5.